The van der Waals surface area contributed by atoms with E-state index in [1.807, 2.05) is 31.5 Å². The number of carbonyl (C=O) groups excluding carboxylic acids is 2. The number of methoxy groups -OCH3 is 1. The van der Waals surface area contributed by atoms with Crippen LogP contribution in [0.4, 0.5) is 5.00 Å². The molecule has 1 aliphatic rings. The lowest BCUT2D eigenvalue weighted by atomic mass is 9.95. The van der Waals surface area contributed by atoms with Crippen LogP contribution in [0.1, 0.15) is 69.6 Å². The van der Waals surface area contributed by atoms with Crippen molar-refractivity contribution >= 4 is 39.2 Å². The van der Waals surface area contributed by atoms with Gasteiger partial charge in [0, 0.05) is 16.3 Å². The van der Waals surface area contributed by atoms with Crippen LogP contribution >= 0.6 is 11.3 Å². The van der Waals surface area contributed by atoms with E-state index in [1.165, 1.54) is 18.4 Å². The van der Waals surface area contributed by atoms with Crippen LogP contribution in [0.3, 0.4) is 0 Å². The second kappa shape index (κ2) is 7.59. The molecule has 0 aliphatic heterocycles. The molecule has 1 aliphatic carbocycles. The average Bonchev–Trinajstić information content (AvgIpc) is 3.27. The molecule has 0 fully saturated rings. The van der Waals surface area contributed by atoms with Gasteiger partial charge in [-0.2, -0.15) is 5.10 Å². The van der Waals surface area contributed by atoms with Gasteiger partial charge in [0.25, 0.3) is 5.91 Å². The molecule has 0 atom stereocenters. The highest BCUT2D eigenvalue weighted by Gasteiger charge is 2.27. The van der Waals surface area contributed by atoms with Gasteiger partial charge in [0.2, 0.25) is 0 Å². The molecule has 29 heavy (non-hydrogen) atoms. The first-order valence-electron chi connectivity index (χ1n) is 9.79. The fourth-order valence-electron chi connectivity index (χ4n) is 3.82. The Morgan fingerprint density at radius 1 is 1.28 bits per heavy atom. The van der Waals surface area contributed by atoms with Crippen molar-refractivity contribution < 1.29 is 14.3 Å². The van der Waals surface area contributed by atoms with Crippen molar-refractivity contribution in [3.8, 4) is 0 Å². The van der Waals surface area contributed by atoms with E-state index in [4.69, 9.17) is 4.74 Å². The van der Waals surface area contributed by atoms with E-state index in [0.717, 1.165) is 47.2 Å². The maximum atomic E-state index is 13.1. The smallest absolute Gasteiger partial charge is 0.341 e. The van der Waals surface area contributed by atoms with E-state index < -0.39 is 5.97 Å². The van der Waals surface area contributed by atoms with E-state index in [-0.39, 0.29) is 11.9 Å². The molecule has 0 spiro atoms. The standard InChI is InChI=1S/C21H24N4O3S/c1-11(2)25-18-13(10-22-25)9-15(12(3)23-18)19(26)24-20-17(21(27)28-4)14-7-5-6-8-16(14)29-20/h9-11H,5-8H2,1-4H3,(H,24,26). The summed E-state index contributed by atoms with van der Waals surface area (Å²) in [5.74, 6) is -0.679. The summed E-state index contributed by atoms with van der Waals surface area (Å²) in [4.78, 5) is 31.2. The lowest BCUT2D eigenvalue weighted by Crippen LogP contribution is -2.16. The number of aryl methyl sites for hydroxylation is 2. The van der Waals surface area contributed by atoms with Gasteiger partial charge in [-0.3, -0.25) is 4.79 Å². The molecular formula is C21H24N4O3S. The van der Waals surface area contributed by atoms with Crippen LogP contribution in [0.2, 0.25) is 0 Å². The zero-order valence-electron chi connectivity index (χ0n) is 17.0. The van der Waals surface area contributed by atoms with Crippen molar-refractivity contribution in [2.45, 2.75) is 52.5 Å². The molecule has 3 heterocycles. The summed E-state index contributed by atoms with van der Waals surface area (Å²) >= 11 is 1.48. The van der Waals surface area contributed by atoms with Crippen molar-refractivity contribution in [1.82, 2.24) is 14.8 Å². The molecule has 7 nitrogen and oxygen atoms in total. The normalized spacial score (nSPS) is 13.6. The Bertz CT molecular complexity index is 1110. The number of rotatable bonds is 4. The molecule has 0 bridgehead atoms. The number of esters is 1. The topological polar surface area (TPSA) is 86.1 Å². The van der Waals surface area contributed by atoms with Crippen molar-refractivity contribution in [2.75, 3.05) is 12.4 Å². The number of fused-ring (bicyclic) bond motifs is 2. The Morgan fingerprint density at radius 2 is 2.03 bits per heavy atom. The van der Waals surface area contributed by atoms with Crippen LogP contribution in [-0.2, 0) is 17.6 Å². The number of aromatic nitrogens is 3. The van der Waals surface area contributed by atoms with Gasteiger partial charge in [0.05, 0.1) is 30.1 Å². The van der Waals surface area contributed by atoms with Gasteiger partial charge in [-0.15, -0.1) is 11.3 Å². The predicted octanol–water partition coefficient (Wildman–Crippen LogP) is 4.30. The van der Waals surface area contributed by atoms with Crippen molar-refractivity contribution in [1.29, 1.82) is 0 Å². The molecular weight excluding hydrogens is 388 g/mol. The summed E-state index contributed by atoms with van der Waals surface area (Å²) < 4.78 is 6.83. The van der Waals surface area contributed by atoms with Gasteiger partial charge in [0.1, 0.15) is 5.00 Å². The molecule has 3 aromatic rings. The van der Waals surface area contributed by atoms with Crippen LogP contribution < -0.4 is 5.32 Å². The van der Waals surface area contributed by atoms with Crippen LogP contribution in [0.25, 0.3) is 11.0 Å². The van der Waals surface area contributed by atoms with E-state index in [9.17, 15) is 9.59 Å². The molecule has 152 valence electrons. The van der Waals surface area contributed by atoms with Crippen molar-refractivity contribution in [3.05, 3.63) is 39.5 Å². The number of carbonyl (C=O) groups is 2. The van der Waals surface area contributed by atoms with E-state index in [2.05, 4.69) is 15.4 Å². The zero-order valence-corrected chi connectivity index (χ0v) is 17.9. The highest BCUT2D eigenvalue weighted by Crippen LogP contribution is 2.38. The summed E-state index contributed by atoms with van der Waals surface area (Å²) in [6, 6.07) is 1.99. The molecule has 3 aromatic heterocycles. The second-order valence-electron chi connectivity index (χ2n) is 7.58. The molecule has 0 saturated carbocycles. The number of ether oxygens (including phenoxy) is 1. The van der Waals surface area contributed by atoms with Gasteiger partial charge >= 0.3 is 5.97 Å². The molecule has 0 aromatic carbocycles. The number of pyridine rings is 1. The average molecular weight is 413 g/mol. The van der Waals surface area contributed by atoms with E-state index >= 15 is 0 Å². The lowest BCUT2D eigenvalue weighted by molar-refractivity contribution is 0.0601. The lowest BCUT2D eigenvalue weighted by Gasteiger charge is -2.12. The first-order chi connectivity index (χ1) is 13.9. The number of hydrogen-bond acceptors (Lipinski definition) is 6. The fourth-order valence-corrected chi connectivity index (χ4v) is 5.09. The van der Waals surface area contributed by atoms with Crippen LogP contribution in [-0.4, -0.2) is 33.8 Å². The number of nitrogens with zero attached hydrogens (tertiary/aromatic N) is 3. The largest absolute Gasteiger partial charge is 0.465 e. The number of thiophene rings is 1. The number of nitrogens with one attached hydrogen (secondary N) is 1. The quantitative estimate of drug-likeness (QED) is 0.646. The Labute approximate surface area is 173 Å². The number of anilines is 1. The molecule has 0 unspecified atom stereocenters. The molecule has 1 amide bonds. The third-order valence-electron chi connectivity index (χ3n) is 5.28. The third kappa shape index (κ3) is 3.42. The SMILES string of the molecule is COC(=O)c1c(NC(=O)c2cc3cnn(C(C)C)c3nc2C)sc2c1CCCC2. The molecule has 8 heteroatoms. The number of hydrogen-bond donors (Lipinski definition) is 1. The Hall–Kier alpha value is -2.74. The van der Waals surface area contributed by atoms with Gasteiger partial charge in [-0.05, 0) is 58.1 Å². The van der Waals surface area contributed by atoms with Crippen LogP contribution in [0.15, 0.2) is 12.3 Å². The first kappa shape index (κ1) is 19.6. The summed E-state index contributed by atoms with van der Waals surface area (Å²) in [6.07, 6.45) is 5.64. The molecule has 4 rings (SSSR count). The van der Waals surface area contributed by atoms with E-state index in [0.29, 0.717) is 21.8 Å². The van der Waals surface area contributed by atoms with Gasteiger partial charge in [-0.1, -0.05) is 0 Å². The van der Waals surface area contributed by atoms with Crippen LogP contribution in [0, 0.1) is 6.92 Å². The molecule has 1 N–H and O–H groups in total. The number of amides is 1. The van der Waals surface area contributed by atoms with Crippen molar-refractivity contribution in [3.63, 3.8) is 0 Å². The van der Waals surface area contributed by atoms with Gasteiger partial charge in [0.15, 0.2) is 5.65 Å². The maximum absolute atomic E-state index is 13.1. The molecule has 0 radical (unpaired) electrons. The minimum absolute atomic E-state index is 0.180. The Kier molecular flexibility index (Phi) is 5.12. The van der Waals surface area contributed by atoms with Crippen molar-refractivity contribution in [2.24, 2.45) is 0 Å². The van der Waals surface area contributed by atoms with Crippen LogP contribution in [0.5, 0.6) is 0 Å². The van der Waals surface area contributed by atoms with Gasteiger partial charge < -0.3 is 10.1 Å². The Morgan fingerprint density at radius 3 is 2.76 bits per heavy atom. The maximum Gasteiger partial charge on any atom is 0.341 e. The highest BCUT2D eigenvalue weighted by atomic mass is 32.1. The third-order valence-corrected chi connectivity index (χ3v) is 6.49. The first-order valence-corrected chi connectivity index (χ1v) is 10.6. The second-order valence-corrected chi connectivity index (χ2v) is 8.68. The predicted molar refractivity (Wildman–Crippen MR) is 113 cm³/mol. The van der Waals surface area contributed by atoms with Gasteiger partial charge in [-0.25, -0.2) is 14.5 Å². The summed E-state index contributed by atoms with van der Waals surface area (Å²) in [5.41, 5.74) is 3.38. The minimum Gasteiger partial charge on any atom is -0.465 e. The monoisotopic (exact) mass is 412 g/mol. The van der Waals surface area contributed by atoms with E-state index in [1.54, 1.807) is 6.20 Å². The minimum atomic E-state index is -0.400. The molecule has 0 saturated heterocycles. The fraction of sp³-hybridized carbons (Fsp3) is 0.429. The summed E-state index contributed by atoms with van der Waals surface area (Å²) in [5, 5.41) is 8.70. The summed E-state index contributed by atoms with van der Waals surface area (Å²) in [6.45, 7) is 5.89. The zero-order chi connectivity index (χ0) is 20.7. The highest BCUT2D eigenvalue weighted by molar-refractivity contribution is 7.17. The summed E-state index contributed by atoms with van der Waals surface area (Å²) in [7, 11) is 1.37. The Balaban J connectivity index is 1.71.